The lowest BCUT2D eigenvalue weighted by Gasteiger charge is -2.42. The average Bonchev–Trinajstić information content (AvgIpc) is 3.34. The zero-order valence-electron chi connectivity index (χ0n) is 18.8. The van der Waals surface area contributed by atoms with Crippen LogP contribution in [0.1, 0.15) is 18.1 Å². The molecule has 1 aromatic heterocycles. The molecule has 3 aromatic rings. The van der Waals surface area contributed by atoms with Crippen LogP contribution in [0.2, 0.25) is 0 Å². The fraction of sp³-hybridized carbons (Fsp3) is 0.333. The minimum Gasteiger partial charge on any atom is -0.508 e. The Bertz CT molecular complexity index is 1260. The maximum Gasteiger partial charge on any atom is 0.421 e. The molecule has 188 valence electrons. The number of halogens is 3. The van der Waals surface area contributed by atoms with Gasteiger partial charge in [-0.05, 0) is 60.2 Å². The lowest BCUT2D eigenvalue weighted by atomic mass is 9.94. The Morgan fingerprint density at radius 3 is 2.37 bits per heavy atom. The van der Waals surface area contributed by atoms with Crippen LogP contribution in [0.5, 0.6) is 5.75 Å². The van der Waals surface area contributed by atoms with E-state index in [9.17, 15) is 31.8 Å². The molecule has 0 amide bonds. The van der Waals surface area contributed by atoms with E-state index < -0.39 is 21.8 Å². The van der Waals surface area contributed by atoms with Gasteiger partial charge in [0, 0.05) is 31.4 Å². The SMILES string of the molecule is CC(O)(c1ccc(N2CCN(S(=O)(=O)c3cccs3)C[C@@H]2Cc2cccc(O)c2)cc1)C(F)(F)F. The lowest BCUT2D eigenvalue weighted by Crippen LogP contribution is -2.55. The summed E-state index contributed by atoms with van der Waals surface area (Å²) in [5.74, 6) is 0.0895. The number of nitrogens with zero attached hydrogens (tertiary/aromatic N) is 2. The summed E-state index contributed by atoms with van der Waals surface area (Å²) in [4.78, 5) is 1.95. The highest BCUT2D eigenvalue weighted by molar-refractivity contribution is 7.91. The van der Waals surface area contributed by atoms with Crippen molar-refractivity contribution in [3.8, 4) is 5.75 Å². The van der Waals surface area contributed by atoms with E-state index in [0.717, 1.165) is 16.9 Å². The monoisotopic (exact) mass is 526 g/mol. The number of phenols is 1. The van der Waals surface area contributed by atoms with Crippen LogP contribution >= 0.6 is 11.3 Å². The third-order valence-electron chi connectivity index (χ3n) is 6.23. The summed E-state index contributed by atoms with van der Waals surface area (Å²) in [5.41, 5.74) is -1.85. The Morgan fingerprint density at radius 1 is 1.06 bits per heavy atom. The van der Waals surface area contributed by atoms with Crippen molar-refractivity contribution in [1.82, 2.24) is 4.31 Å². The summed E-state index contributed by atoms with van der Waals surface area (Å²) in [6.07, 6.45) is -4.42. The number of rotatable bonds is 6. The second kappa shape index (κ2) is 9.45. The van der Waals surface area contributed by atoms with Crippen molar-refractivity contribution < 1.29 is 31.8 Å². The normalized spacial score (nSPS) is 19.5. The first-order chi connectivity index (χ1) is 16.4. The number of benzene rings is 2. The van der Waals surface area contributed by atoms with Gasteiger partial charge in [-0.2, -0.15) is 17.5 Å². The molecule has 0 saturated carbocycles. The quantitative estimate of drug-likeness (QED) is 0.499. The lowest BCUT2D eigenvalue weighted by molar-refractivity contribution is -0.258. The Kier molecular flexibility index (Phi) is 6.89. The zero-order valence-corrected chi connectivity index (χ0v) is 20.4. The number of hydrogen-bond donors (Lipinski definition) is 2. The van der Waals surface area contributed by atoms with Crippen molar-refractivity contribution in [2.75, 3.05) is 24.5 Å². The topological polar surface area (TPSA) is 81.1 Å². The number of thiophene rings is 1. The van der Waals surface area contributed by atoms with Crippen LogP contribution in [0.25, 0.3) is 0 Å². The largest absolute Gasteiger partial charge is 0.508 e. The van der Waals surface area contributed by atoms with E-state index >= 15 is 0 Å². The summed E-state index contributed by atoms with van der Waals surface area (Å²) >= 11 is 1.14. The molecule has 0 bridgehead atoms. The number of sulfonamides is 1. The van der Waals surface area contributed by atoms with Gasteiger partial charge >= 0.3 is 6.18 Å². The molecule has 6 nitrogen and oxygen atoms in total. The van der Waals surface area contributed by atoms with Crippen molar-refractivity contribution >= 4 is 27.0 Å². The van der Waals surface area contributed by atoms with Gasteiger partial charge in [-0.15, -0.1) is 11.3 Å². The van der Waals surface area contributed by atoms with E-state index in [1.165, 1.54) is 28.6 Å². The van der Waals surface area contributed by atoms with Gasteiger partial charge in [-0.25, -0.2) is 8.42 Å². The molecule has 0 spiro atoms. The maximum absolute atomic E-state index is 13.2. The molecule has 2 heterocycles. The van der Waals surface area contributed by atoms with Crippen molar-refractivity contribution in [2.24, 2.45) is 0 Å². The Labute approximate surface area is 205 Å². The molecule has 1 saturated heterocycles. The minimum absolute atomic E-state index is 0.0895. The summed E-state index contributed by atoms with van der Waals surface area (Å²) < 4.78 is 67.7. The first-order valence-electron chi connectivity index (χ1n) is 10.9. The average molecular weight is 527 g/mol. The molecule has 0 aliphatic carbocycles. The van der Waals surface area contributed by atoms with Gasteiger partial charge in [0.1, 0.15) is 9.96 Å². The molecule has 35 heavy (non-hydrogen) atoms. The first kappa shape index (κ1) is 25.5. The Balaban J connectivity index is 1.64. The van der Waals surface area contributed by atoms with Gasteiger partial charge in [0.25, 0.3) is 10.0 Å². The predicted molar refractivity (Wildman–Crippen MR) is 128 cm³/mol. The fourth-order valence-electron chi connectivity index (χ4n) is 4.19. The summed E-state index contributed by atoms with van der Waals surface area (Å²) in [7, 11) is -3.68. The molecule has 4 rings (SSSR count). The molecular formula is C24H25F3N2O4S2. The standard InChI is InChI=1S/C24H25F3N2O4S2/c1-23(31,24(25,26)27)18-7-9-19(10-8-18)29-12-11-28(35(32,33)22-6-3-13-34-22)16-20(29)14-17-4-2-5-21(30)15-17/h2-10,13,15,20,30-31H,11-12,14,16H2,1H3/t20-,23?/m0/s1. The zero-order chi connectivity index (χ0) is 25.4. The van der Waals surface area contributed by atoms with E-state index in [1.54, 1.807) is 35.7 Å². The summed E-state index contributed by atoms with van der Waals surface area (Å²) in [6, 6.07) is 15.1. The molecule has 1 unspecified atom stereocenters. The fourth-order valence-corrected chi connectivity index (χ4v) is 6.81. The minimum atomic E-state index is -4.83. The van der Waals surface area contributed by atoms with Gasteiger partial charge in [-0.3, -0.25) is 0 Å². The van der Waals surface area contributed by atoms with Crippen LogP contribution in [0.15, 0.2) is 70.3 Å². The third-order valence-corrected chi connectivity index (χ3v) is 9.47. The molecular weight excluding hydrogens is 501 g/mol. The Hall–Kier alpha value is -2.60. The van der Waals surface area contributed by atoms with Crippen LogP contribution in [-0.2, 0) is 22.0 Å². The molecule has 1 fully saturated rings. The highest BCUT2D eigenvalue weighted by Crippen LogP contribution is 2.39. The second-order valence-corrected chi connectivity index (χ2v) is 11.7. The number of piperazine rings is 1. The molecule has 0 radical (unpaired) electrons. The van der Waals surface area contributed by atoms with Crippen LogP contribution in [0, 0.1) is 0 Å². The summed E-state index contributed by atoms with van der Waals surface area (Å²) in [5, 5.41) is 21.5. The van der Waals surface area contributed by atoms with Gasteiger partial charge < -0.3 is 15.1 Å². The highest BCUT2D eigenvalue weighted by atomic mass is 32.2. The second-order valence-electron chi connectivity index (χ2n) is 8.63. The molecule has 11 heteroatoms. The van der Waals surface area contributed by atoms with Crippen molar-refractivity contribution in [3.05, 3.63) is 77.2 Å². The molecule has 2 aromatic carbocycles. The van der Waals surface area contributed by atoms with E-state index in [4.69, 9.17) is 0 Å². The van der Waals surface area contributed by atoms with Gasteiger partial charge in [0.15, 0.2) is 5.60 Å². The molecule has 1 aliphatic rings. The number of phenolic OH excluding ortho intramolecular Hbond substituents is 1. The van der Waals surface area contributed by atoms with Crippen LogP contribution in [0.4, 0.5) is 18.9 Å². The van der Waals surface area contributed by atoms with E-state index in [-0.39, 0.29) is 34.7 Å². The Morgan fingerprint density at radius 2 is 1.77 bits per heavy atom. The smallest absolute Gasteiger partial charge is 0.421 e. The van der Waals surface area contributed by atoms with Crippen LogP contribution in [0.3, 0.4) is 0 Å². The maximum atomic E-state index is 13.2. The number of aromatic hydroxyl groups is 1. The predicted octanol–water partition coefficient (Wildman–Crippen LogP) is 4.35. The van der Waals surface area contributed by atoms with Gasteiger partial charge in [0.05, 0.1) is 0 Å². The molecule has 2 atom stereocenters. The van der Waals surface area contributed by atoms with Crippen LogP contribution < -0.4 is 4.90 Å². The van der Waals surface area contributed by atoms with Crippen LogP contribution in [-0.4, -0.2) is 54.8 Å². The van der Waals surface area contributed by atoms with Gasteiger partial charge in [-0.1, -0.05) is 30.3 Å². The molecule has 1 aliphatic heterocycles. The number of aliphatic hydroxyl groups is 1. The van der Waals surface area contributed by atoms with E-state index in [1.807, 2.05) is 11.0 Å². The molecule has 2 N–H and O–H groups in total. The van der Waals surface area contributed by atoms with E-state index in [0.29, 0.717) is 25.6 Å². The van der Waals surface area contributed by atoms with Gasteiger partial charge in [0.2, 0.25) is 0 Å². The van der Waals surface area contributed by atoms with Crippen molar-refractivity contribution in [1.29, 1.82) is 0 Å². The number of hydrogen-bond acceptors (Lipinski definition) is 6. The van der Waals surface area contributed by atoms with E-state index in [2.05, 4.69) is 0 Å². The van der Waals surface area contributed by atoms with Crippen molar-refractivity contribution in [3.63, 3.8) is 0 Å². The highest BCUT2D eigenvalue weighted by Gasteiger charge is 2.51. The third kappa shape index (κ3) is 5.18. The first-order valence-corrected chi connectivity index (χ1v) is 13.2. The van der Waals surface area contributed by atoms with Crippen molar-refractivity contribution in [2.45, 2.75) is 35.4 Å². The number of alkyl halides is 3. The summed E-state index contributed by atoms with van der Waals surface area (Å²) in [6.45, 7) is 1.40. The number of anilines is 1.